The van der Waals surface area contributed by atoms with Gasteiger partial charge in [0.1, 0.15) is 0 Å². The number of H-pyrrole nitrogens is 1. The molecule has 0 saturated heterocycles. The van der Waals surface area contributed by atoms with Crippen molar-refractivity contribution in [1.29, 1.82) is 0 Å². The van der Waals surface area contributed by atoms with Crippen molar-refractivity contribution in [2.75, 3.05) is 18.4 Å². The summed E-state index contributed by atoms with van der Waals surface area (Å²) in [6.07, 6.45) is 3.61. The first-order valence-electron chi connectivity index (χ1n) is 5.65. The van der Waals surface area contributed by atoms with Crippen LogP contribution in [0.15, 0.2) is 41.7 Å². The van der Waals surface area contributed by atoms with E-state index in [1.54, 1.807) is 18.3 Å². The van der Waals surface area contributed by atoms with Gasteiger partial charge in [-0.3, -0.25) is 0 Å². The molecule has 1 aromatic heterocycles. The van der Waals surface area contributed by atoms with Crippen molar-refractivity contribution in [3.8, 4) is 0 Å². The number of nitrogens with zero attached hydrogens (tertiary/aromatic N) is 2. The lowest BCUT2D eigenvalue weighted by atomic mass is 10.3. The minimum Gasteiger partial charge on any atom is -0.383 e. The van der Waals surface area contributed by atoms with E-state index in [-0.39, 0.29) is 0 Å². The number of para-hydroxylation sites is 1. The number of aromatic nitrogens is 2. The highest BCUT2D eigenvalue weighted by molar-refractivity contribution is 7.97. The molecular formula is C12H14N4S. The van der Waals surface area contributed by atoms with E-state index in [0.717, 1.165) is 25.3 Å². The maximum atomic E-state index is 4.05. The predicted octanol–water partition coefficient (Wildman–Crippen LogP) is 2.34. The van der Waals surface area contributed by atoms with E-state index < -0.39 is 0 Å². The van der Waals surface area contributed by atoms with Gasteiger partial charge in [0.2, 0.25) is 0 Å². The third kappa shape index (κ3) is 2.45. The summed E-state index contributed by atoms with van der Waals surface area (Å²) in [5.74, 6) is 0. The molecule has 5 heteroatoms. The second-order valence-corrected chi connectivity index (χ2v) is 5.09. The maximum absolute atomic E-state index is 4.05. The highest BCUT2D eigenvalue weighted by atomic mass is 32.2. The fraction of sp³-hybridized carbons (Fsp3) is 0.250. The van der Waals surface area contributed by atoms with Gasteiger partial charge in [0.05, 0.1) is 12.9 Å². The summed E-state index contributed by atoms with van der Waals surface area (Å²) in [6, 6.07) is 8.42. The molecule has 0 saturated carbocycles. The molecule has 4 nitrogen and oxygen atoms in total. The van der Waals surface area contributed by atoms with Crippen LogP contribution in [-0.4, -0.2) is 27.4 Å². The van der Waals surface area contributed by atoms with Crippen LogP contribution in [0.4, 0.5) is 5.69 Å². The Morgan fingerprint density at radius 3 is 3.18 bits per heavy atom. The molecule has 0 amide bonds. The van der Waals surface area contributed by atoms with Crippen LogP contribution in [0.3, 0.4) is 0 Å². The number of rotatable bonds is 2. The molecule has 2 N–H and O–H groups in total. The monoisotopic (exact) mass is 246 g/mol. The minimum atomic E-state index is 0.890. The fourth-order valence-electron chi connectivity index (χ4n) is 1.86. The summed E-state index contributed by atoms with van der Waals surface area (Å²) < 4.78 is 2.34. The second kappa shape index (κ2) is 4.81. The molecule has 0 aliphatic carbocycles. The van der Waals surface area contributed by atoms with Crippen LogP contribution in [0, 0.1) is 0 Å². The van der Waals surface area contributed by atoms with E-state index in [1.807, 2.05) is 6.20 Å². The average molecular weight is 246 g/mol. The molecule has 17 heavy (non-hydrogen) atoms. The number of aromatic amines is 1. The minimum absolute atomic E-state index is 0.890. The van der Waals surface area contributed by atoms with Gasteiger partial charge in [-0.2, -0.15) is 0 Å². The van der Waals surface area contributed by atoms with Gasteiger partial charge in [-0.05, 0) is 24.1 Å². The van der Waals surface area contributed by atoms with Gasteiger partial charge >= 0.3 is 0 Å². The molecule has 1 aliphatic rings. The topological polar surface area (TPSA) is 44.0 Å². The Morgan fingerprint density at radius 1 is 1.35 bits per heavy atom. The molecule has 0 unspecified atom stereocenters. The van der Waals surface area contributed by atoms with Crippen molar-refractivity contribution in [1.82, 2.24) is 14.3 Å². The summed E-state index contributed by atoms with van der Waals surface area (Å²) in [5, 5.41) is 3.45. The molecule has 0 bridgehead atoms. The molecule has 3 rings (SSSR count). The first-order chi connectivity index (χ1) is 8.42. The van der Waals surface area contributed by atoms with Crippen LogP contribution in [0.25, 0.3) is 0 Å². The zero-order valence-corrected chi connectivity index (χ0v) is 10.2. The summed E-state index contributed by atoms with van der Waals surface area (Å²) in [6.45, 7) is 2.87. The number of fused-ring (bicyclic) bond motifs is 1. The van der Waals surface area contributed by atoms with Gasteiger partial charge in [-0.1, -0.05) is 12.1 Å². The smallest absolute Gasteiger partial charge is 0.0922 e. The van der Waals surface area contributed by atoms with E-state index in [4.69, 9.17) is 0 Å². The number of hydrogen-bond acceptors (Lipinski definition) is 4. The zero-order chi connectivity index (χ0) is 11.5. The first-order valence-corrected chi connectivity index (χ1v) is 6.42. The molecule has 0 spiro atoms. The number of anilines is 1. The Labute approximate surface area is 105 Å². The molecule has 1 aliphatic heterocycles. The predicted molar refractivity (Wildman–Crippen MR) is 69.8 cm³/mol. The first kappa shape index (κ1) is 10.7. The quantitative estimate of drug-likeness (QED) is 0.798. The summed E-state index contributed by atoms with van der Waals surface area (Å²) in [5.41, 5.74) is 2.38. The summed E-state index contributed by atoms with van der Waals surface area (Å²) >= 11 is 1.80. The van der Waals surface area contributed by atoms with E-state index in [0.29, 0.717) is 0 Å². The third-order valence-electron chi connectivity index (χ3n) is 2.69. The van der Waals surface area contributed by atoms with Crippen LogP contribution in [0.1, 0.15) is 5.69 Å². The molecule has 88 valence electrons. The van der Waals surface area contributed by atoms with E-state index >= 15 is 0 Å². The van der Waals surface area contributed by atoms with Crippen molar-refractivity contribution >= 4 is 17.6 Å². The number of nitrogens with one attached hydrogen (secondary N) is 2. The van der Waals surface area contributed by atoms with Crippen LogP contribution >= 0.6 is 11.9 Å². The highest BCUT2D eigenvalue weighted by Gasteiger charge is 2.14. The SMILES string of the molecule is c1ccc2c(c1)NCCN(Cc1cnc[nH]1)S2. The Kier molecular flexibility index (Phi) is 3.02. The zero-order valence-electron chi connectivity index (χ0n) is 9.39. The van der Waals surface area contributed by atoms with Gasteiger partial charge < -0.3 is 10.3 Å². The number of imidazole rings is 1. The number of benzene rings is 1. The molecule has 1 aromatic carbocycles. The van der Waals surface area contributed by atoms with Crippen LogP contribution in [0.2, 0.25) is 0 Å². The average Bonchev–Trinajstić information content (AvgIpc) is 2.76. The van der Waals surface area contributed by atoms with Crippen molar-refractivity contribution in [2.45, 2.75) is 11.4 Å². The van der Waals surface area contributed by atoms with Gasteiger partial charge in [-0.25, -0.2) is 9.29 Å². The Morgan fingerprint density at radius 2 is 2.29 bits per heavy atom. The Hall–Kier alpha value is -1.46. The van der Waals surface area contributed by atoms with E-state index in [2.05, 4.69) is 43.9 Å². The molecule has 0 fully saturated rings. The lowest BCUT2D eigenvalue weighted by Crippen LogP contribution is -2.20. The molecule has 0 atom stereocenters. The van der Waals surface area contributed by atoms with Crippen LogP contribution in [-0.2, 0) is 6.54 Å². The van der Waals surface area contributed by atoms with Gasteiger partial charge in [-0.15, -0.1) is 0 Å². The lowest BCUT2D eigenvalue weighted by Gasteiger charge is -2.17. The van der Waals surface area contributed by atoms with Crippen molar-refractivity contribution < 1.29 is 0 Å². The molecule has 0 radical (unpaired) electrons. The second-order valence-electron chi connectivity index (χ2n) is 3.95. The van der Waals surface area contributed by atoms with E-state index in [9.17, 15) is 0 Å². The normalized spacial score (nSPS) is 16.0. The number of hydrogen-bond donors (Lipinski definition) is 2. The van der Waals surface area contributed by atoms with Crippen LogP contribution < -0.4 is 5.32 Å². The summed E-state index contributed by atoms with van der Waals surface area (Å²) in [4.78, 5) is 8.47. The van der Waals surface area contributed by atoms with Gasteiger partial charge in [0, 0.05) is 35.6 Å². The standard InChI is InChI=1S/C12H14N4S/c1-2-4-12-11(3-1)14-5-6-16(17-12)8-10-7-13-9-15-10/h1-4,7,9,14H,5-6,8H2,(H,13,15). The largest absolute Gasteiger partial charge is 0.383 e. The van der Waals surface area contributed by atoms with Crippen LogP contribution in [0.5, 0.6) is 0 Å². The highest BCUT2D eigenvalue weighted by Crippen LogP contribution is 2.32. The third-order valence-corrected chi connectivity index (χ3v) is 3.82. The lowest BCUT2D eigenvalue weighted by molar-refractivity contribution is 0.480. The molecule has 2 aromatic rings. The fourth-order valence-corrected chi connectivity index (χ4v) is 2.91. The van der Waals surface area contributed by atoms with E-state index in [1.165, 1.54) is 10.6 Å². The van der Waals surface area contributed by atoms with Crippen molar-refractivity contribution in [3.05, 3.63) is 42.5 Å². The molecule has 2 heterocycles. The van der Waals surface area contributed by atoms with Crippen molar-refractivity contribution in [2.24, 2.45) is 0 Å². The van der Waals surface area contributed by atoms with Gasteiger partial charge in [0.25, 0.3) is 0 Å². The summed E-state index contributed by atoms with van der Waals surface area (Å²) in [7, 11) is 0. The maximum Gasteiger partial charge on any atom is 0.0922 e. The van der Waals surface area contributed by atoms with Gasteiger partial charge in [0.15, 0.2) is 0 Å². The Balaban J connectivity index is 1.76. The van der Waals surface area contributed by atoms with Crippen molar-refractivity contribution in [3.63, 3.8) is 0 Å². The Bertz CT molecular complexity index is 483. The molecular weight excluding hydrogens is 232 g/mol.